The van der Waals surface area contributed by atoms with Crippen LogP contribution < -0.4 is 0 Å². The molecule has 15 heavy (non-hydrogen) atoms. The molecule has 82 valence electrons. The topological polar surface area (TPSA) is 37.3 Å². The second-order valence-electron chi connectivity index (χ2n) is 3.99. The van der Waals surface area contributed by atoms with Crippen LogP contribution in [0.1, 0.15) is 41.3 Å². The Hall–Kier alpha value is -1.15. The molecule has 1 aromatic rings. The van der Waals surface area contributed by atoms with Crippen molar-refractivity contribution >= 4 is 5.78 Å². The first-order chi connectivity index (χ1) is 7.06. The minimum absolute atomic E-state index is 0.155. The molecule has 1 N–H and O–H groups in total. The molecule has 0 bridgehead atoms. The van der Waals surface area contributed by atoms with Gasteiger partial charge >= 0.3 is 0 Å². The van der Waals surface area contributed by atoms with Gasteiger partial charge in [-0.3, -0.25) is 4.79 Å². The standard InChI is InChI=1S/C13H18O2/c1-4-5-12(14)13(15)11-8-9(2)6-7-10(11)3/h6-8,12,14H,4-5H2,1-3H3. The minimum atomic E-state index is -0.851. The van der Waals surface area contributed by atoms with Crippen molar-refractivity contribution in [2.75, 3.05) is 0 Å². The first kappa shape index (κ1) is 11.9. The van der Waals surface area contributed by atoms with Crippen molar-refractivity contribution in [2.45, 2.75) is 39.7 Å². The average Bonchev–Trinajstić information content (AvgIpc) is 2.21. The maximum Gasteiger partial charge on any atom is 0.191 e. The zero-order valence-corrected chi connectivity index (χ0v) is 9.58. The molecule has 1 aromatic carbocycles. The van der Waals surface area contributed by atoms with Crippen molar-refractivity contribution in [3.8, 4) is 0 Å². The Balaban J connectivity index is 2.95. The summed E-state index contributed by atoms with van der Waals surface area (Å²) in [6, 6.07) is 5.73. The van der Waals surface area contributed by atoms with Gasteiger partial charge in [0.15, 0.2) is 5.78 Å². The lowest BCUT2D eigenvalue weighted by Gasteiger charge is -2.11. The number of carbonyl (C=O) groups excluding carboxylic acids is 1. The number of Topliss-reactive ketones (excluding diaryl/α,β-unsaturated/α-hetero) is 1. The molecule has 1 atom stereocenters. The van der Waals surface area contributed by atoms with Crippen molar-refractivity contribution in [2.24, 2.45) is 0 Å². The van der Waals surface area contributed by atoms with E-state index in [1.54, 1.807) is 0 Å². The highest BCUT2D eigenvalue weighted by Gasteiger charge is 2.17. The van der Waals surface area contributed by atoms with E-state index in [9.17, 15) is 9.90 Å². The molecule has 0 aliphatic heterocycles. The lowest BCUT2D eigenvalue weighted by molar-refractivity contribution is 0.0728. The number of benzene rings is 1. The number of aryl methyl sites for hydroxylation is 2. The molecule has 0 fully saturated rings. The molecule has 1 rings (SSSR count). The maximum absolute atomic E-state index is 11.9. The number of aliphatic hydroxyl groups is 1. The summed E-state index contributed by atoms with van der Waals surface area (Å²) in [5.41, 5.74) is 2.63. The quantitative estimate of drug-likeness (QED) is 0.769. The Labute approximate surface area is 90.9 Å². The minimum Gasteiger partial charge on any atom is -0.385 e. The van der Waals surface area contributed by atoms with Crippen LogP contribution in [0.25, 0.3) is 0 Å². The van der Waals surface area contributed by atoms with Gasteiger partial charge in [-0.05, 0) is 31.9 Å². The molecular formula is C13H18O2. The molecule has 0 saturated heterocycles. The van der Waals surface area contributed by atoms with Crippen molar-refractivity contribution in [1.82, 2.24) is 0 Å². The molecule has 2 nitrogen and oxygen atoms in total. The van der Waals surface area contributed by atoms with Gasteiger partial charge in [0.25, 0.3) is 0 Å². The van der Waals surface area contributed by atoms with E-state index in [1.807, 2.05) is 39.0 Å². The number of hydrogen-bond acceptors (Lipinski definition) is 2. The normalized spacial score (nSPS) is 12.5. The van der Waals surface area contributed by atoms with Crippen LogP contribution in [0, 0.1) is 13.8 Å². The van der Waals surface area contributed by atoms with Crippen LogP contribution in [0.5, 0.6) is 0 Å². The summed E-state index contributed by atoms with van der Waals surface area (Å²) in [7, 11) is 0. The molecule has 0 aromatic heterocycles. The van der Waals surface area contributed by atoms with Gasteiger partial charge in [0.05, 0.1) is 0 Å². The highest BCUT2D eigenvalue weighted by Crippen LogP contribution is 2.14. The van der Waals surface area contributed by atoms with Gasteiger partial charge in [-0.2, -0.15) is 0 Å². The molecule has 0 heterocycles. The van der Waals surface area contributed by atoms with Gasteiger partial charge in [0.2, 0.25) is 0 Å². The Morgan fingerprint density at radius 2 is 2.07 bits per heavy atom. The second kappa shape index (κ2) is 5.08. The van der Waals surface area contributed by atoms with Crippen LogP contribution in [0.3, 0.4) is 0 Å². The van der Waals surface area contributed by atoms with E-state index < -0.39 is 6.10 Å². The average molecular weight is 206 g/mol. The van der Waals surface area contributed by atoms with Crippen molar-refractivity contribution in [3.05, 3.63) is 34.9 Å². The number of aliphatic hydroxyl groups excluding tert-OH is 1. The summed E-state index contributed by atoms with van der Waals surface area (Å²) in [6.45, 7) is 5.80. The molecule has 0 spiro atoms. The van der Waals surface area contributed by atoms with Gasteiger partial charge in [-0.25, -0.2) is 0 Å². The highest BCUT2D eigenvalue weighted by atomic mass is 16.3. The maximum atomic E-state index is 11.9. The summed E-state index contributed by atoms with van der Waals surface area (Å²) < 4.78 is 0. The third-order valence-corrected chi connectivity index (χ3v) is 2.52. The van der Waals surface area contributed by atoms with Gasteiger partial charge < -0.3 is 5.11 Å². The summed E-state index contributed by atoms with van der Waals surface area (Å²) in [6.07, 6.45) is 0.500. The van der Waals surface area contributed by atoms with Crippen LogP contribution in [0.2, 0.25) is 0 Å². The van der Waals surface area contributed by atoms with Gasteiger partial charge in [-0.15, -0.1) is 0 Å². The zero-order chi connectivity index (χ0) is 11.4. The van der Waals surface area contributed by atoms with E-state index >= 15 is 0 Å². The molecule has 0 aliphatic rings. The third kappa shape index (κ3) is 2.90. The first-order valence-electron chi connectivity index (χ1n) is 5.35. The Kier molecular flexibility index (Phi) is 4.04. The highest BCUT2D eigenvalue weighted by molar-refractivity contribution is 6.00. The van der Waals surface area contributed by atoms with E-state index in [4.69, 9.17) is 0 Å². The number of ketones is 1. The molecule has 0 saturated carbocycles. The van der Waals surface area contributed by atoms with Gasteiger partial charge in [0, 0.05) is 5.56 Å². The fourth-order valence-corrected chi connectivity index (χ4v) is 1.59. The molecule has 0 amide bonds. The van der Waals surface area contributed by atoms with Crippen LogP contribution >= 0.6 is 0 Å². The molecule has 0 aliphatic carbocycles. The molecule has 0 radical (unpaired) electrons. The Bertz CT molecular complexity index is 356. The van der Waals surface area contributed by atoms with Gasteiger partial charge in [-0.1, -0.05) is 31.0 Å². The first-order valence-corrected chi connectivity index (χ1v) is 5.35. The summed E-state index contributed by atoms with van der Waals surface area (Å²) >= 11 is 0. The van der Waals surface area contributed by atoms with Crippen molar-refractivity contribution in [3.63, 3.8) is 0 Å². The van der Waals surface area contributed by atoms with Crippen LogP contribution in [-0.2, 0) is 0 Å². The molecular weight excluding hydrogens is 188 g/mol. The number of hydrogen-bond donors (Lipinski definition) is 1. The van der Waals surface area contributed by atoms with Gasteiger partial charge in [0.1, 0.15) is 6.10 Å². The fraction of sp³-hybridized carbons (Fsp3) is 0.462. The largest absolute Gasteiger partial charge is 0.385 e. The fourth-order valence-electron chi connectivity index (χ4n) is 1.59. The van der Waals surface area contributed by atoms with E-state index in [0.29, 0.717) is 12.0 Å². The van der Waals surface area contributed by atoms with Crippen LogP contribution in [-0.4, -0.2) is 17.0 Å². The van der Waals surface area contributed by atoms with Crippen molar-refractivity contribution < 1.29 is 9.90 Å². The Morgan fingerprint density at radius 3 is 2.67 bits per heavy atom. The van der Waals surface area contributed by atoms with E-state index in [2.05, 4.69) is 0 Å². The number of carbonyl (C=O) groups is 1. The van der Waals surface area contributed by atoms with E-state index in [0.717, 1.165) is 17.5 Å². The van der Waals surface area contributed by atoms with E-state index in [-0.39, 0.29) is 5.78 Å². The predicted octanol–water partition coefficient (Wildman–Crippen LogP) is 2.65. The summed E-state index contributed by atoms with van der Waals surface area (Å²) in [5, 5.41) is 9.64. The summed E-state index contributed by atoms with van der Waals surface area (Å²) in [5.74, 6) is -0.155. The summed E-state index contributed by atoms with van der Waals surface area (Å²) in [4.78, 5) is 11.9. The van der Waals surface area contributed by atoms with Crippen LogP contribution in [0.4, 0.5) is 0 Å². The molecule has 2 heteroatoms. The second-order valence-corrected chi connectivity index (χ2v) is 3.99. The lowest BCUT2D eigenvalue weighted by atomic mass is 9.97. The smallest absolute Gasteiger partial charge is 0.191 e. The van der Waals surface area contributed by atoms with E-state index in [1.165, 1.54) is 0 Å². The third-order valence-electron chi connectivity index (χ3n) is 2.52. The monoisotopic (exact) mass is 206 g/mol. The van der Waals surface area contributed by atoms with Crippen molar-refractivity contribution in [1.29, 1.82) is 0 Å². The number of rotatable bonds is 4. The SMILES string of the molecule is CCCC(O)C(=O)c1cc(C)ccc1C. The molecule has 1 unspecified atom stereocenters. The lowest BCUT2D eigenvalue weighted by Crippen LogP contribution is -2.21. The van der Waals surface area contributed by atoms with Crippen LogP contribution in [0.15, 0.2) is 18.2 Å². The predicted molar refractivity (Wildman–Crippen MR) is 61.2 cm³/mol. The zero-order valence-electron chi connectivity index (χ0n) is 9.58. The Morgan fingerprint density at radius 1 is 1.40 bits per heavy atom.